The van der Waals surface area contributed by atoms with Crippen LogP contribution in [0.5, 0.6) is 11.5 Å². The Kier molecular flexibility index (Phi) is 8.48. The van der Waals surface area contributed by atoms with Gasteiger partial charge in [-0.1, -0.05) is 30.7 Å². The van der Waals surface area contributed by atoms with Crippen molar-refractivity contribution in [2.24, 2.45) is 5.10 Å². The van der Waals surface area contributed by atoms with Gasteiger partial charge in [-0.15, -0.1) is 0 Å². The van der Waals surface area contributed by atoms with Crippen molar-refractivity contribution < 1.29 is 19.1 Å². The summed E-state index contributed by atoms with van der Waals surface area (Å²) in [6, 6.07) is 12.5. The number of rotatable bonds is 8. The second-order valence-electron chi connectivity index (χ2n) is 6.31. The first-order chi connectivity index (χ1) is 13.9. The van der Waals surface area contributed by atoms with Crippen LogP contribution in [0.15, 0.2) is 47.6 Å². The van der Waals surface area contributed by atoms with Crippen LogP contribution in [0.25, 0.3) is 0 Å². The van der Waals surface area contributed by atoms with Gasteiger partial charge < -0.3 is 14.8 Å². The fraction of sp³-hybridized carbons (Fsp3) is 0.286. The molecule has 0 aliphatic heterocycles. The molecule has 2 aromatic carbocycles. The molecule has 2 rings (SSSR count). The molecule has 0 saturated carbocycles. The van der Waals surface area contributed by atoms with E-state index in [0.29, 0.717) is 28.7 Å². The lowest BCUT2D eigenvalue weighted by atomic mass is 10.2. The average Bonchev–Trinajstić information content (AvgIpc) is 2.73. The maximum absolute atomic E-state index is 11.7. The van der Waals surface area contributed by atoms with E-state index in [1.165, 1.54) is 13.3 Å². The first-order valence-corrected chi connectivity index (χ1v) is 9.50. The van der Waals surface area contributed by atoms with Crippen LogP contribution in [0.4, 0.5) is 0 Å². The lowest BCUT2D eigenvalue weighted by molar-refractivity contribution is -0.139. The molecule has 154 valence electrons. The van der Waals surface area contributed by atoms with Gasteiger partial charge in [-0.3, -0.25) is 9.59 Å². The molecule has 0 aromatic heterocycles. The normalized spacial score (nSPS) is 11.7. The Balaban J connectivity index is 1.95. The molecule has 7 nitrogen and oxygen atoms in total. The molecule has 0 aliphatic rings. The van der Waals surface area contributed by atoms with Gasteiger partial charge in [-0.05, 0) is 54.8 Å². The van der Waals surface area contributed by atoms with Crippen molar-refractivity contribution in [3.05, 3.63) is 58.6 Å². The van der Waals surface area contributed by atoms with Gasteiger partial charge in [0.25, 0.3) is 0 Å². The summed E-state index contributed by atoms with van der Waals surface area (Å²) in [5.41, 5.74) is 3.84. The summed E-state index contributed by atoms with van der Waals surface area (Å²) in [5, 5.41) is 7.04. The summed E-state index contributed by atoms with van der Waals surface area (Å²) in [5.74, 6) is -0.461. The number of carbonyl (C=O) groups excluding carboxylic acids is 2. The van der Waals surface area contributed by atoms with E-state index in [9.17, 15) is 9.59 Å². The highest BCUT2D eigenvalue weighted by molar-refractivity contribution is 6.35. The second kappa shape index (κ2) is 11.1. The lowest BCUT2D eigenvalue weighted by Crippen LogP contribution is -2.41. The third-order valence-corrected chi connectivity index (χ3v) is 4.32. The van der Waals surface area contributed by atoms with E-state index >= 15 is 0 Å². The molecule has 0 heterocycles. The zero-order valence-electron chi connectivity index (χ0n) is 16.6. The number of amides is 2. The van der Waals surface area contributed by atoms with E-state index in [4.69, 9.17) is 21.1 Å². The first-order valence-electron chi connectivity index (χ1n) is 9.12. The van der Waals surface area contributed by atoms with Crippen LogP contribution >= 0.6 is 11.6 Å². The van der Waals surface area contributed by atoms with E-state index < -0.39 is 11.8 Å². The topological polar surface area (TPSA) is 89.0 Å². The Labute approximate surface area is 175 Å². The van der Waals surface area contributed by atoms with Crippen molar-refractivity contribution in [2.75, 3.05) is 7.11 Å². The Morgan fingerprint density at radius 1 is 1.14 bits per heavy atom. The Hall–Kier alpha value is -3.06. The molecule has 0 aliphatic carbocycles. The van der Waals surface area contributed by atoms with Gasteiger partial charge in [-0.25, -0.2) is 5.43 Å². The molecule has 0 unspecified atom stereocenters. The van der Waals surface area contributed by atoms with Crippen LogP contribution in [0.3, 0.4) is 0 Å². The van der Waals surface area contributed by atoms with Crippen molar-refractivity contribution in [1.29, 1.82) is 0 Å². The van der Waals surface area contributed by atoms with Crippen molar-refractivity contribution in [3.8, 4) is 11.5 Å². The lowest BCUT2D eigenvalue weighted by Gasteiger charge is -2.11. The Bertz CT molecular complexity index is 869. The first kappa shape index (κ1) is 22.2. The molecule has 1 atom stereocenters. The molecule has 29 heavy (non-hydrogen) atoms. The van der Waals surface area contributed by atoms with Crippen LogP contribution in [-0.2, 0) is 16.2 Å². The van der Waals surface area contributed by atoms with Crippen LogP contribution in [0.2, 0.25) is 5.02 Å². The Morgan fingerprint density at radius 3 is 2.52 bits per heavy atom. The van der Waals surface area contributed by atoms with Crippen LogP contribution in [0, 0.1) is 0 Å². The summed E-state index contributed by atoms with van der Waals surface area (Å²) in [4.78, 5) is 23.4. The zero-order chi connectivity index (χ0) is 21.2. The van der Waals surface area contributed by atoms with Gasteiger partial charge in [0.2, 0.25) is 0 Å². The number of nitrogens with zero attached hydrogens (tertiary/aromatic N) is 1. The van der Waals surface area contributed by atoms with Crippen molar-refractivity contribution >= 4 is 29.6 Å². The standard InChI is InChI=1S/C21H24ClN3O4/c1-4-14(2)24-20(26)21(27)25-23-12-16-7-10-18(19(11-16)28-3)29-13-15-5-8-17(22)9-6-15/h5-12,14H,4,13H2,1-3H3,(H,24,26)(H,25,27)/b23-12-/t14-/m0/s1. The maximum Gasteiger partial charge on any atom is 0.329 e. The SMILES string of the molecule is CC[C@H](C)NC(=O)C(=O)N/N=C\c1ccc(OCc2ccc(Cl)cc2)c(OC)c1. The summed E-state index contributed by atoms with van der Waals surface area (Å²) >= 11 is 5.88. The molecule has 2 N–H and O–H groups in total. The maximum atomic E-state index is 11.7. The highest BCUT2D eigenvalue weighted by Gasteiger charge is 2.14. The number of hydrazone groups is 1. The molecule has 0 radical (unpaired) electrons. The number of methoxy groups -OCH3 is 1. The number of hydrogen-bond donors (Lipinski definition) is 2. The second-order valence-corrected chi connectivity index (χ2v) is 6.74. The molecular formula is C21H24ClN3O4. The van der Waals surface area contributed by atoms with E-state index in [1.807, 2.05) is 26.0 Å². The fourth-order valence-electron chi connectivity index (χ4n) is 2.23. The van der Waals surface area contributed by atoms with Crippen molar-refractivity contribution in [2.45, 2.75) is 32.9 Å². The van der Waals surface area contributed by atoms with Crippen molar-refractivity contribution in [3.63, 3.8) is 0 Å². The van der Waals surface area contributed by atoms with Crippen LogP contribution in [-0.4, -0.2) is 31.2 Å². The molecule has 8 heteroatoms. The van der Waals surface area contributed by atoms with Crippen molar-refractivity contribution in [1.82, 2.24) is 10.7 Å². The summed E-state index contributed by atoms with van der Waals surface area (Å²) < 4.78 is 11.2. The van der Waals surface area contributed by atoms with Gasteiger partial charge >= 0.3 is 11.8 Å². The molecule has 2 aromatic rings. The van der Waals surface area contributed by atoms with E-state index in [1.54, 1.807) is 30.3 Å². The van der Waals surface area contributed by atoms with E-state index in [2.05, 4.69) is 15.8 Å². The highest BCUT2D eigenvalue weighted by atomic mass is 35.5. The smallest absolute Gasteiger partial charge is 0.329 e. The summed E-state index contributed by atoms with van der Waals surface area (Å²) in [7, 11) is 1.53. The number of carbonyl (C=O) groups is 2. The van der Waals surface area contributed by atoms with Gasteiger partial charge in [0, 0.05) is 11.1 Å². The van der Waals surface area contributed by atoms with Gasteiger partial charge in [0.05, 0.1) is 13.3 Å². The quantitative estimate of drug-likeness (QED) is 0.392. The highest BCUT2D eigenvalue weighted by Crippen LogP contribution is 2.28. The molecule has 0 saturated heterocycles. The Morgan fingerprint density at radius 2 is 1.86 bits per heavy atom. The minimum absolute atomic E-state index is 0.0816. The number of ether oxygens (including phenoxy) is 2. The number of halogens is 1. The molecule has 0 spiro atoms. The van der Waals surface area contributed by atoms with Crippen LogP contribution < -0.4 is 20.2 Å². The van der Waals surface area contributed by atoms with Gasteiger partial charge in [-0.2, -0.15) is 5.10 Å². The van der Waals surface area contributed by atoms with Gasteiger partial charge in [0.15, 0.2) is 11.5 Å². The predicted molar refractivity (Wildman–Crippen MR) is 112 cm³/mol. The average molecular weight is 418 g/mol. The third-order valence-electron chi connectivity index (χ3n) is 4.07. The third kappa shape index (κ3) is 7.12. The minimum Gasteiger partial charge on any atom is -0.493 e. The van der Waals surface area contributed by atoms with Crippen LogP contribution in [0.1, 0.15) is 31.4 Å². The summed E-state index contributed by atoms with van der Waals surface area (Å²) in [6.07, 6.45) is 2.15. The fourth-order valence-corrected chi connectivity index (χ4v) is 2.36. The molecular weight excluding hydrogens is 394 g/mol. The number of hydrogen-bond acceptors (Lipinski definition) is 5. The monoisotopic (exact) mass is 417 g/mol. The molecule has 2 amide bonds. The molecule has 0 bridgehead atoms. The minimum atomic E-state index is -0.823. The predicted octanol–water partition coefficient (Wildman–Crippen LogP) is 3.29. The zero-order valence-corrected chi connectivity index (χ0v) is 17.3. The van der Waals surface area contributed by atoms with Gasteiger partial charge in [0.1, 0.15) is 6.61 Å². The number of benzene rings is 2. The molecule has 0 fully saturated rings. The van der Waals surface area contributed by atoms with E-state index in [0.717, 1.165) is 12.0 Å². The number of nitrogens with one attached hydrogen (secondary N) is 2. The summed E-state index contributed by atoms with van der Waals surface area (Å²) in [6.45, 7) is 4.09. The van der Waals surface area contributed by atoms with E-state index in [-0.39, 0.29) is 6.04 Å². The largest absolute Gasteiger partial charge is 0.493 e.